The number of thiazole rings is 1. The van der Waals surface area contributed by atoms with Crippen LogP contribution in [0.15, 0.2) is 0 Å². The summed E-state index contributed by atoms with van der Waals surface area (Å²) in [5.41, 5.74) is 9.44. The summed E-state index contributed by atoms with van der Waals surface area (Å²) in [7, 11) is 2.03. The second kappa shape index (κ2) is 13.5. The summed E-state index contributed by atoms with van der Waals surface area (Å²) in [6.07, 6.45) is 0. The molecule has 0 amide bonds. The summed E-state index contributed by atoms with van der Waals surface area (Å²) >= 11 is 5.55. The van der Waals surface area contributed by atoms with Gasteiger partial charge in [0.2, 0.25) is 0 Å². The molecule has 0 spiro atoms. The summed E-state index contributed by atoms with van der Waals surface area (Å²) in [6.45, 7) is 29.8. The fourth-order valence-electron chi connectivity index (χ4n) is 3.34. The minimum Gasteiger partial charge on any atom is -0.335 e. The zero-order chi connectivity index (χ0) is 27.2. The highest BCUT2D eigenvalue weighted by Gasteiger charge is 2.03. The molecule has 0 bridgehead atoms. The molecular formula is C29H45N3S3. The van der Waals surface area contributed by atoms with Crippen molar-refractivity contribution in [2.45, 2.75) is 96.9 Å². The summed E-state index contributed by atoms with van der Waals surface area (Å²) in [4.78, 5) is 15.7. The predicted molar refractivity (Wildman–Crippen MR) is 160 cm³/mol. The fraction of sp³-hybridized carbons (Fsp3) is 0.517. The van der Waals surface area contributed by atoms with Gasteiger partial charge in [0.15, 0.2) is 0 Å². The van der Waals surface area contributed by atoms with Crippen molar-refractivity contribution in [3.63, 3.8) is 0 Å². The highest BCUT2D eigenvalue weighted by molar-refractivity contribution is 7.12. The molecule has 194 valence electrons. The highest BCUT2D eigenvalue weighted by Crippen LogP contribution is 2.25. The number of thiophene rings is 2. The zero-order valence-corrected chi connectivity index (χ0v) is 27.0. The average Bonchev–Trinajstić information content (AvgIpc) is 3.37. The van der Waals surface area contributed by atoms with Crippen molar-refractivity contribution in [1.82, 2.24) is 14.5 Å². The molecule has 35 heavy (non-hydrogen) atoms. The van der Waals surface area contributed by atoms with E-state index in [1.54, 1.807) is 11.3 Å². The first kappa shape index (κ1) is 31.3. The molecule has 3 nitrogen and oxygen atoms in total. The van der Waals surface area contributed by atoms with Gasteiger partial charge in [-0.15, -0.1) is 34.0 Å². The quantitative estimate of drug-likeness (QED) is 0.226. The average molecular weight is 532 g/mol. The normalized spacial score (nSPS) is 10.1. The predicted octanol–water partition coefficient (Wildman–Crippen LogP) is 9.38. The van der Waals surface area contributed by atoms with Crippen LogP contribution in [0.1, 0.15) is 74.6 Å². The maximum Gasteiger partial charge on any atom is 0.105 e. The van der Waals surface area contributed by atoms with Crippen molar-refractivity contribution in [3.05, 3.63) is 74.6 Å². The Bertz CT molecular complexity index is 1040. The Morgan fingerprint density at radius 2 is 0.829 bits per heavy atom. The van der Waals surface area contributed by atoms with Crippen molar-refractivity contribution in [1.29, 1.82) is 0 Å². The van der Waals surface area contributed by atoms with Crippen LogP contribution in [-0.4, -0.2) is 14.5 Å². The van der Waals surface area contributed by atoms with Crippen molar-refractivity contribution in [2.24, 2.45) is 7.05 Å². The lowest BCUT2D eigenvalue weighted by Crippen LogP contribution is -1.92. The molecule has 0 aromatic carbocycles. The largest absolute Gasteiger partial charge is 0.335 e. The molecule has 4 rings (SSSR count). The van der Waals surface area contributed by atoms with Crippen LogP contribution in [0.3, 0.4) is 0 Å². The van der Waals surface area contributed by atoms with E-state index in [1.165, 1.54) is 63.0 Å². The first-order chi connectivity index (χ1) is 16.1. The van der Waals surface area contributed by atoms with Gasteiger partial charge in [-0.3, -0.25) is 0 Å². The van der Waals surface area contributed by atoms with Gasteiger partial charge >= 0.3 is 0 Å². The number of hydrogen-bond acceptors (Lipinski definition) is 5. The summed E-state index contributed by atoms with van der Waals surface area (Å²) < 4.78 is 2.09. The summed E-state index contributed by atoms with van der Waals surface area (Å²) in [6, 6.07) is 0. The molecule has 0 atom stereocenters. The molecule has 4 aromatic heterocycles. The number of imidazole rings is 1. The van der Waals surface area contributed by atoms with E-state index in [0.717, 1.165) is 11.5 Å². The Kier molecular flexibility index (Phi) is 12.1. The Hall–Kier alpha value is -1.76. The zero-order valence-electron chi connectivity index (χ0n) is 24.6. The number of rotatable bonds is 0. The van der Waals surface area contributed by atoms with Crippen LogP contribution in [0.4, 0.5) is 0 Å². The molecule has 0 fully saturated rings. The molecule has 0 saturated heterocycles. The lowest BCUT2D eigenvalue weighted by atomic mass is 10.2. The van der Waals surface area contributed by atoms with Gasteiger partial charge in [-0.1, -0.05) is 0 Å². The Morgan fingerprint density at radius 1 is 0.457 bits per heavy atom. The molecule has 4 aromatic rings. The third-order valence-corrected chi connectivity index (χ3v) is 10.3. The van der Waals surface area contributed by atoms with Crippen LogP contribution in [0.25, 0.3) is 0 Å². The molecule has 0 saturated carbocycles. The van der Waals surface area contributed by atoms with Crippen LogP contribution in [-0.2, 0) is 7.05 Å². The molecule has 6 heteroatoms. The monoisotopic (exact) mass is 531 g/mol. The second-order valence-electron chi connectivity index (χ2n) is 9.19. The number of aromatic nitrogens is 3. The standard InChI is InChI=1S/2C8H12S.C7H12N2.C6H9NS/c2*1-5-6(2)8(4)9-7(5)3;1-5-6(2)9(4)7(3)8-5;1-4-5(2)8-6(3)7-4/h3*1-4H3;1-3H3. The van der Waals surface area contributed by atoms with E-state index in [9.17, 15) is 0 Å². The molecule has 0 aliphatic rings. The van der Waals surface area contributed by atoms with Gasteiger partial charge in [-0.05, 0) is 119 Å². The highest BCUT2D eigenvalue weighted by atomic mass is 32.1. The molecule has 0 unspecified atom stereocenters. The second-order valence-corrected chi connectivity index (χ2v) is 13.5. The van der Waals surface area contributed by atoms with E-state index in [4.69, 9.17) is 0 Å². The topological polar surface area (TPSA) is 30.7 Å². The first-order valence-corrected chi connectivity index (χ1v) is 14.5. The third kappa shape index (κ3) is 8.69. The van der Waals surface area contributed by atoms with E-state index in [2.05, 4.69) is 83.8 Å². The summed E-state index contributed by atoms with van der Waals surface area (Å²) in [5, 5.41) is 1.17. The maximum absolute atomic E-state index is 4.27. The SMILES string of the molecule is Cc1nc(C)c(C)s1.Cc1nc(C)n(C)c1C.Cc1sc(C)c(C)c1C.Cc1sc(C)c(C)c1C. The molecular weight excluding hydrogens is 487 g/mol. The van der Waals surface area contributed by atoms with Crippen LogP contribution in [0.5, 0.6) is 0 Å². The van der Waals surface area contributed by atoms with E-state index in [0.29, 0.717) is 0 Å². The van der Waals surface area contributed by atoms with Gasteiger partial charge in [-0.25, -0.2) is 9.97 Å². The van der Waals surface area contributed by atoms with Crippen molar-refractivity contribution in [2.75, 3.05) is 0 Å². The Balaban J connectivity index is 0.000000234. The van der Waals surface area contributed by atoms with E-state index < -0.39 is 0 Å². The van der Waals surface area contributed by atoms with Gasteiger partial charge in [-0.2, -0.15) is 0 Å². The Morgan fingerprint density at radius 3 is 0.914 bits per heavy atom. The first-order valence-electron chi connectivity index (χ1n) is 12.0. The van der Waals surface area contributed by atoms with E-state index in [-0.39, 0.29) is 0 Å². The minimum absolute atomic E-state index is 1.09. The molecule has 0 N–H and O–H groups in total. The molecule has 0 aliphatic carbocycles. The van der Waals surface area contributed by atoms with Crippen molar-refractivity contribution < 1.29 is 0 Å². The minimum atomic E-state index is 1.09. The van der Waals surface area contributed by atoms with Crippen LogP contribution >= 0.6 is 34.0 Å². The van der Waals surface area contributed by atoms with Gasteiger partial charge in [0.25, 0.3) is 0 Å². The number of aryl methyl sites for hydroxylation is 9. The molecule has 0 radical (unpaired) electrons. The van der Waals surface area contributed by atoms with E-state index >= 15 is 0 Å². The lowest BCUT2D eigenvalue weighted by Gasteiger charge is -1.94. The van der Waals surface area contributed by atoms with Gasteiger partial charge in [0.1, 0.15) is 5.82 Å². The lowest BCUT2D eigenvalue weighted by molar-refractivity contribution is 0.827. The molecule has 0 aliphatic heterocycles. The van der Waals surface area contributed by atoms with Gasteiger partial charge in [0.05, 0.1) is 16.4 Å². The van der Waals surface area contributed by atoms with Crippen LogP contribution < -0.4 is 0 Å². The number of nitrogens with zero attached hydrogens (tertiary/aromatic N) is 3. The van der Waals surface area contributed by atoms with Gasteiger partial charge < -0.3 is 4.57 Å². The van der Waals surface area contributed by atoms with Crippen molar-refractivity contribution >= 4 is 34.0 Å². The van der Waals surface area contributed by atoms with Crippen LogP contribution in [0.2, 0.25) is 0 Å². The smallest absolute Gasteiger partial charge is 0.105 e. The van der Waals surface area contributed by atoms with Crippen LogP contribution in [0, 0.1) is 96.9 Å². The van der Waals surface area contributed by atoms with Gasteiger partial charge in [0, 0.05) is 37.1 Å². The summed E-state index contributed by atoms with van der Waals surface area (Å²) in [5.74, 6) is 1.09. The van der Waals surface area contributed by atoms with Crippen molar-refractivity contribution in [3.8, 4) is 0 Å². The molecule has 4 heterocycles. The third-order valence-electron chi connectivity index (χ3n) is 6.83. The maximum atomic E-state index is 4.27. The van der Waals surface area contributed by atoms with E-state index in [1.807, 2.05) is 57.4 Å². The number of hydrogen-bond donors (Lipinski definition) is 0. The fourth-order valence-corrected chi connectivity index (χ4v) is 6.30. The Labute approximate surface area is 226 Å².